The molecule has 1 saturated carbocycles. The Morgan fingerprint density at radius 1 is 1.38 bits per heavy atom. The third-order valence-electron chi connectivity index (χ3n) is 4.34. The number of nitrogens with zero attached hydrogens (tertiary/aromatic N) is 4. The van der Waals surface area contributed by atoms with E-state index in [9.17, 15) is 9.90 Å². The topological polar surface area (TPSA) is 81.6 Å². The predicted octanol–water partition coefficient (Wildman–Crippen LogP) is 2.30. The molecule has 0 radical (unpaired) electrons. The number of carboxylic acid groups (broad SMARTS) is 1. The number of pyridine rings is 1. The van der Waals surface area contributed by atoms with Crippen molar-refractivity contribution >= 4 is 11.6 Å². The van der Waals surface area contributed by atoms with Crippen LogP contribution in [0.4, 0.5) is 0 Å². The maximum absolute atomic E-state index is 11.3. The van der Waals surface area contributed by atoms with Gasteiger partial charge >= 0.3 is 5.97 Å². The molecule has 7 nitrogen and oxygen atoms in total. The Morgan fingerprint density at radius 3 is 2.92 bits per heavy atom. The second-order valence-corrected chi connectivity index (χ2v) is 6.14. The molecule has 4 rings (SSSR count). The van der Waals surface area contributed by atoms with Crippen molar-refractivity contribution in [1.29, 1.82) is 0 Å². The third-order valence-corrected chi connectivity index (χ3v) is 4.34. The fraction of sp³-hybridized carbons (Fsp3) is 0.353. The predicted molar refractivity (Wildman–Crippen MR) is 86.2 cm³/mol. The van der Waals surface area contributed by atoms with Gasteiger partial charge in [0.25, 0.3) is 0 Å². The second-order valence-electron chi connectivity index (χ2n) is 6.14. The van der Waals surface area contributed by atoms with E-state index in [4.69, 9.17) is 4.74 Å². The molecule has 0 unspecified atom stereocenters. The van der Waals surface area contributed by atoms with Crippen LogP contribution < -0.4 is 0 Å². The van der Waals surface area contributed by atoms with Crippen LogP contribution in [0.25, 0.3) is 5.65 Å². The average Bonchev–Trinajstić information content (AvgIpc) is 3.22. The van der Waals surface area contributed by atoms with Crippen molar-refractivity contribution < 1.29 is 14.6 Å². The molecule has 0 spiro atoms. The monoisotopic (exact) mass is 326 g/mol. The Kier molecular flexibility index (Phi) is 3.57. The second kappa shape index (κ2) is 5.76. The van der Waals surface area contributed by atoms with E-state index in [0.29, 0.717) is 18.2 Å². The number of carbonyl (C=O) groups is 1. The molecule has 24 heavy (non-hydrogen) atoms. The summed E-state index contributed by atoms with van der Waals surface area (Å²) >= 11 is 0. The average molecular weight is 326 g/mol. The van der Waals surface area contributed by atoms with E-state index < -0.39 is 5.97 Å². The Bertz CT molecular complexity index is 908. The molecule has 3 aromatic heterocycles. The number of methoxy groups -OCH3 is 1. The van der Waals surface area contributed by atoms with Gasteiger partial charge < -0.3 is 14.2 Å². The van der Waals surface area contributed by atoms with E-state index >= 15 is 0 Å². The van der Waals surface area contributed by atoms with Crippen LogP contribution in [0.5, 0.6) is 0 Å². The van der Waals surface area contributed by atoms with E-state index in [2.05, 4.69) is 22.3 Å². The van der Waals surface area contributed by atoms with Crippen LogP contribution in [0, 0.1) is 0 Å². The summed E-state index contributed by atoms with van der Waals surface area (Å²) < 4.78 is 8.78. The first-order chi connectivity index (χ1) is 11.7. The summed E-state index contributed by atoms with van der Waals surface area (Å²) in [5.41, 5.74) is 3.77. The number of ether oxygens (including phenoxy) is 1. The van der Waals surface area contributed by atoms with Gasteiger partial charge in [-0.1, -0.05) is 6.07 Å². The summed E-state index contributed by atoms with van der Waals surface area (Å²) in [5.74, 6) is -0.310. The van der Waals surface area contributed by atoms with E-state index in [0.717, 1.165) is 11.3 Å². The number of rotatable bonds is 6. The van der Waals surface area contributed by atoms with Crippen molar-refractivity contribution in [2.45, 2.75) is 31.9 Å². The fourth-order valence-corrected chi connectivity index (χ4v) is 2.96. The van der Waals surface area contributed by atoms with Crippen molar-refractivity contribution in [3.05, 3.63) is 53.2 Å². The van der Waals surface area contributed by atoms with Crippen molar-refractivity contribution in [3.8, 4) is 0 Å². The Morgan fingerprint density at radius 2 is 2.21 bits per heavy atom. The van der Waals surface area contributed by atoms with Crippen LogP contribution in [0.2, 0.25) is 0 Å². The zero-order chi connectivity index (χ0) is 16.7. The van der Waals surface area contributed by atoms with E-state index in [-0.39, 0.29) is 12.2 Å². The maximum Gasteiger partial charge on any atom is 0.339 e. The van der Waals surface area contributed by atoms with Crippen LogP contribution in [0.3, 0.4) is 0 Å². The highest BCUT2D eigenvalue weighted by molar-refractivity contribution is 5.88. The lowest BCUT2D eigenvalue weighted by atomic mass is 10.2. The number of fused-ring (bicyclic) bond motifs is 1. The highest BCUT2D eigenvalue weighted by atomic mass is 16.5. The SMILES string of the molecule is COCc1c(C(=O)O)cnn1Cc1cn2cc(C3CC3)ccc2n1. The Hall–Kier alpha value is -2.67. The molecule has 124 valence electrons. The molecule has 7 heteroatoms. The number of aromatic nitrogens is 4. The molecule has 3 aromatic rings. The van der Waals surface area contributed by atoms with Gasteiger partial charge in [-0.3, -0.25) is 4.68 Å². The molecule has 0 aliphatic heterocycles. The lowest BCUT2D eigenvalue weighted by Gasteiger charge is -2.05. The molecule has 0 aromatic carbocycles. The van der Waals surface area contributed by atoms with E-state index in [1.165, 1.54) is 31.7 Å². The highest BCUT2D eigenvalue weighted by Gasteiger charge is 2.24. The molecule has 0 atom stereocenters. The minimum Gasteiger partial charge on any atom is -0.478 e. The van der Waals surface area contributed by atoms with Gasteiger partial charge in [-0.15, -0.1) is 0 Å². The van der Waals surface area contributed by atoms with Gasteiger partial charge in [-0.05, 0) is 30.4 Å². The standard InChI is InChI=1S/C17H18N4O3/c1-24-10-15-14(17(22)23)6-18-21(15)9-13-8-20-7-12(11-2-3-11)4-5-16(20)19-13/h4-8,11H,2-3,9-10H2,1H3,(H,22,23). The number of imidazole rings is 1. The van der Waals surface area contributed by atoms with Crippen molar-refractivity contribution in [1.82, 2.24) is 19.2 Å². The molecule has 0 bridgehead atoms. The zero-order valence-electron chi connectivity index (χ0n) is 13.3. The normalized spacial score (nSPS) is 14.4. The lowest BCUT2D eigenvalue weighted by molar-refractivity contribution is 0.0691. The molecule has 0 saturated heterocycles. The van der Waals surface area contributed by atoms with Gasteiger partial charge in [0, 0.05) is 19.5 Å². The van der Waals surface area contributed by atoms with Gasteiger partial charge in [-0.2, -0.15) is 5.10 Å². The summed E-state index contributed by atoms with van der Waals surface area (Å²) in [5, 5.41) is 13.4. The van der Waals surface area contributed by atoms with E-state index in [1.54, 1.807) is 4.68 Å². The summed E-state index contributed by atoms with van der Waals surface area (Å²) in [6.07, 6.45) is 7.99. The molecule has 1 fully saturated rings. The minimum atomic E-state index is -1.00. The van der Waals surface area contributed by atoms with Crippen LogP contribution >= 0.6 is 0 Å². The molecule has 3 heterocycles. The lowest BCUT2D eigenvalue weighted by Crippen LogP contribution is -2.10. The van der Waals surface area contributed by atoms with Crippen molar-refractivity contribution in [3.63, 3.8) is 0 Å². The van der Waals surface area contributed by atoms with Crippen LogP contribution in [0.1, 0.15) is 46.1 Å². The smallest absolute Gasteiger partial charge is 0.339 e. The van der Waals surface area contributed by atoms with Crippen LogP contribution in [-0.2, 0) is 17.9 Å². The molecule has 0 amide bonds. The minimum absolute atomic E-state index is 0.164. The number of hydrogen-bond acceptors (Lipinski definition) is 4. The zero-order valence-corrected chi connectivity index (χ0v) is 13.3. The summed E-state index contributed by atoms with van der Waals surface area (Å²) in [4.78, 5) is 15.9. The Balaban J connectivity index is 1.65. The van der Waals surface area contributed by atoms with Gasteiger partial charge in [0.2, 0.25) is 0 Å². The maximum atomic E-state index is 11.3. The van der Waals surface area contributed by atoms with Gasteiger partial charge in [0.15, 0.2) is 0 Å². The number of aromatic carboxylic acids is 1. The van der Waals surface area contributed by atoms with Crippen LogP contribution in [-0.4, -0.2) is 37.4 Å². The number of carboxylic acids is 1. The summed E-state index contributed by atoms with van der Waals surface area (Å²) in [6.45, 7) is 0.604. The van der Waals surface area contributed by atoms with Crippen LogP contribution in [0.15, 0.2) is 30.7 Å². The van der Waals surface area contributed by atoms with Gasteiger partial charge in [-0.25, -0.2) is 9.78 Å². The summed E-state index contributed by atoms with van der Waals surface area (Å²) in [6, 6.07) is 4.16. The van der Waals surface area contributed by atoms with E-state index in [1.807, 2.05) is 16.7 Å². The van der Waals surface area contributed by atoms with Gasteiger partial charge in [0.1, 0.15) is 11.2 Å². The largest absolute Gasteiger partial charge is 0.478 e. The highest BCUT2D eigenvalue weighted by Crippen LogP contribution is 2.39. The molecular weight excluding hydrogens is 308 g/mol. The molecule has 1 aliphatic rings. The third kappa shape index (κ3) is 2.67. The Labute approximate surface area is 138 Å². The first-order valence-corrected chi connectivity index (χ1v) is 7.90. The van der Waals surface area contributed by atoms with Crippen molar-refractivity contribution in [2.75, 3.05) is 7.11 Å². The quantitative estimate of drug-likeness (QED) is 0.751. The first kappa shape index (κ1) is 14.9. The summed E-state index contributed by atoms with van der Waals surface area (Å²) in [7, 11) is 1.54. The molecule has 1 N–H and O–H groups in total. The molecule has 1 aliphatic carbocycles. The first-order valence-electron chi connectivity index (χ1n) is 7.90. The molecular formula is C17H18N4O3. The number of hydrogen-bond donors (Lipinski definition) is 1. The van der Waals surface area contributed by atoms with Gasteiger partial charge in [0.05, 0.1) is 30.7 Å². The van der Waals surface area contributed by atoms with Crippen molar-refractivity contribution in [2.24, 2.45) is 0 Å². The fourth-order valence-electron chi connectivity index (χ4n) is 2.96.